The number of nitrogens with zero attached hydrogens (tertiary/aromatic N) is 3. The summed E-state index contributed by atoms with van der Waals surface area (Å²) < 4.78 is 11.7. The van der Waals surface area contributed by atoms with Crippen molar-refractivity contribution in [2.24, 2.45) is 11.8 Å². The smallest absolute Gasteiger partial charge is 0.410 e. The molecule has 1 fully saturated rings. The first-order chi connectivity index (χ1) is 22.1. The summed E-state index contributed by atoms with van der Waals surface area (Å²) >= 11 is 1.25. The molecule has 47 heavy (non-hydrogen) atoms. The minimum Gasteiger partial charge on any atom is -0.476 e. The number of carboxylic acid groups (broad SMARTS) is 1. The molecule has 0 radical (unpaired) electrons. The number of carboxylic acids is 1. The fourth-order valence-electron chi connectivity index (χ4n) is 5.96. The molecule has 11 nitrogen and oxygen atoms in total. The predicted octanol–water partition coefficient (Wildman–Crippen LogP) is 7.06. The molecule has 5 atom stereocenters. The number of hydrogen-bond acceptors (Lipinski definition) is 8. The van der Waals surface area contributed by atoms with E-state index in [-0.39, 0.29) is 35.4 Å². The maximum atomic E-state index is 14.7. The van der Waals surface area contributed by atoms with Crippen LogP contribution in [0.2, 0.25) is 0 Å². The van der Waals surface area contributed by atoms with Crippen LogP contribution >= 0.6 is 11.3 Å². The number of thiazole rings is 1. The number of aromatic carboxylic acids is 1. The fraction of sp³-hybridized carbons (Fsp3) is 0.800. The first kappa shape index (κ1) is 40.4. The van der Waals surface area contributed by atoms with Crippen LogP contribution in [-0.4, -0.2) is 87.2 Å². The SMILES string of the molecule is CCCCCCN(C(=O)[C@@H](NC(=O)[C@H]1CCCCN1C(=O)OC(C)(C)C)[C@@H](C)CC)[C@H](C[C@@H](OCC)c1nc(C(=O)O)cs1)C(C)C. The topological polar surface area (TPSA) is 138 Å². The number of unbranched alkanes of at least 4 members (excludes halogenated alkanes) is 3. The standard InChI is InChI=1S/C35H60N4O7S/c1-10-13-14-16-19-38(27(23(4)5)21-28(45-12-3)31-36-25(22-47-31)33(42)43)32(41)29(24(6)11-2)37-30(40)26-18-15-17-20-39(26)34(44)46-35(7,8)9/h22-24,26-29H,10-21H2,1-9H3,(H,37,40)(H,42,43)/t24-,26+,27+,28+,29-/m0/s1. The number of amides is 3. The largest absolute Gasteiger partial charge is 0.476 e. The Kier molecular flexibility index (Phi) is 16.6. The molecule has 2 rings (SSSR count). The molecule has 12 heteroatoms. The van der Waals surface area contributed by atoms with Gasteiger partial charge in [-0.1, -0.05) is 60.3 Å². The molecule has 1 aliphatic rings. The zero-order valence-corrected chi connectivity index (χ0v) is 31.0. The van der Waals surface area contributed by atoms with E-state index in [9.17, 15) is 24.3 Å². The van der Waals surface area contributed by atoms with Crippen molar-refractivity contribution >= 4 is 35.2 Å². The number of aromatic nitrogens is 1. The van der Waals surface area contributed by atoms with Crippen LogP contribution in [0.4, 0.5) is 4.79 Å². The maximum Gasteiger partial charge on any atom is 0.410 e. The highest BCUT2D eigenvalue weighted by Gasteiger charge is 2.40. The van der Waals surface area contributed by atoms with Crippen molar-refractivity contribution in [1.29, 1.82) is 0 Å². The minimum atomic E-state index is -1.09. The van der Waals surface area contributed by atoms with Gasteiger partial charge in [0.1, 0.15) is 28.8 Å². The zero-order valence-electron chi connectivity index (χ0n) is 30.2. The highest BCUT2D eigenvalue weighted by atomic mass is 32.1. The highest BCUT2D eigenvalue weighted by molar-refractivity contribution is 7.09. The molecule has 0 aromatic carbocycles. The Morgan fingerprint density at radius 2 is 1.81 bits per heavy atom. The van der Waals surface area contributed by atoms with E-state index in [1.807, 2.05) is 25.7 Å². The summed E-state index contributed by atoms with van der Waals surface area (Å²) in [6.45, 7) is 18.9. The number of piperidine rings is 1. The van der Waals surface area contributed by atoms with Crippen molar-refractivity contribution in [2.45, 2.75) is 150 Å². The van der Waals surface area contributed by atoms with Gasteiger partial charge >= 0.3 is 12.1 Å². The lowest BCUT2D eigenvalue weighted by Gasteiger charge is -2.40. The van der Waals surface area contributed by atoms with Crippen LogP contribution in [0.25, 0.3) is 0 Å². The summed E-state index contributed by atoms with van der Waals surface area (Å²) in [5.41, 5.74) is -0.715. The number of carbonyl (C=O) groups excluding carboxylic acids is 3. The van der Waals surface area contributed by atoms with E-state index >= 15 is 0 Å². The summed E-state index contributed by atoms with van der Waals surface area (Å²) in [5.74, 6) is -1.69. The summed E-state index contributed by atoms with van der Waals surface area (Å²) in [6, 6.07) is -1.76. The molecule has 0 saturated carbocycles. The van der Waals surface area contributed by atoms with Gasteiger partial charge in [0.15, 0.2) is 5.69 Å². The zero-order chi connectivity index (χ0) is 35.3. The van der Waals surface area contributed by atoms with E-state index in [0.29, 0.717) is 44.0 Å². The van der Waals surface area contributed by atoms with Gasteiger partial charge in [-0.15, -0.1) is 11.3 Å². The first-order valence-corrected chi connectivity index (χ1v) is 18.4. The number of rotatable bonds is 18. The minimum absolute atomic E-state index is 0.0222. The van der Waals surface area contributed by atoms with Gasteiger partial charge in [0.05, 0.1) is 0 Å². The van der Waals surface area contributed by atoms with Gasteiger partial charge in [-0.25, -0.2) is 14.6 Å². The summed E-state index contributed by atoms with van der Waals surface area (Å²) in [4.78, 5) is 61.1. The summed E-state index contributed by atoms with van der Waals surface area (Å²) in [6.07, 6.45) is 6.11. The maximum absolute atomic E-state index is 14.7. The number of hydrogen-bond donors (Lipinski definition) is 2. The third-order valence-corrected chi connectivity index (χ3v) is 9.69. The molecule has 1 aromatic heterocycles. The monoisotopic (exact) mass is 680 g/mol. The third kappa shape index (κ3) is 12.3. The third-order valence-electron chi connectivity index (χ3n) is 8.76. The Morgan fingerprint density at radius 3 is 2.36 bits per heavy atom. The molecule has 0 aliphatic carbocycles. The van der Waals surface area contributed by atoms with Gasteiger partial charge in [0.2, 0.25) is 11.8 Å². The quantitative estimate of drug-likeness (QED) is 0.157. The molecule has 2 heterocycles. The second-order valence-electron chi connectivity index (χ2n) is 14.0. The fourth-order valence-corrected chi connectivity index (χ4v) is 6.81. The van der Waals surface area contributed by atoms with Crippen LogP contribution in [0.1, 0.15) is 142 Å². The van der Waals surface area contributed by atoms with Gasteiger partial charge in [-0.2, -0.15) is 0 Å². The van der Waals surface area contributed by atoms with Gasteiger partial charge in [-0.3, -0.25) is 14.5 Å². The van der Waals surface area contributed by atoms with Gasteiger partial charge in [-0.05, 0) is 65.2 Å². The van der Waals surface area contributed by atoms with E-state index < -0.39 is 35.9 Å². The van der Waals surface area contributed by atoms with Gasteiger partial charge in [0, 0.05) is 37.5 Å². The molecule has 1 saturated heterocycles. The lowest BCUT2D eigenvalue weighted by atomic mass is 9.91. The van der Waals surface area contributed by atoms with Gasteiger partial charge < -0.3 is 24.8 Å². The average Bonchev–Trinajstić information content (AvgIpc) is 3.51. The lowest BCUT2D eigenvalue weighted by molar-refractivity contribution is -0.143. The molecule has 0 spiro atoms. The van der Waals surface area contributed by atoms with Crippen molar-refractivity contribution in [3.8, 4) is 0 Å². The second kappa shape index (κ2) is 19.3. The number of carbonyl (C=O) groups is 4. The highest BCUT2D eigenvalue weighted by Crippen LogP contribution is 2.32. The van der Waals surface area contributed by atoms with E-state index in [1.54, 1.807) is 20.8 Å². The van der Waals surface area contributed by atoms with Crippen molar-refractivity contribution < 1.29 is 33.8 Å². The van der Waals surface area contributed by atoms with Crippen molar-refractivity contribution in [2.75, 3.05) is 19.7 Å². The van der Waals surface area contributed by atoms with Crippen LogP contribution in [0, 0.1) is 11.8 Å². The normalized spacial score (nSPS) is 17.9. The Hall–Kier alpha value is -2.73. The van der Waals surface area contributed by atoms with E-state index in [1.165, 1.54) is 21.6 Å². The Bertz CT molecular complexity index is 1150. The first-order valence-electron chi connectivity index (χ1n) is 17.6. The second-order valence-corrected chi connectivity index (χ2v) is 14.9. The van der Waals surface area contributed by atoms with Crippen molar-refractivity contribution in [3.05, 3.63) is 16.1 Å². The summed E-state index contributed by atoms with van der Waals surface area (Å²) in [5, 5.41) is 14.7. The molecule has 1 aliphatic heterocycles. The van der Waals surface area contributed by atoms with Crippen molar-refractivity contribution in [3.63, 3.8) is 0 Å². The Morgan fingerprint density at radius 1 is 1.11 bits per heavy atom. The number of likely N-dealkylation sites (tertiary alicyclic amines) is 1. The summed E-state index contributed by atoms with van der Waals surface area (Å²) in [7, 11) is 0. The molecule has 0 bridgehead atoms. The molecule has 0 unspecified atom stereocenters. The number of ether oxygens (including phenoxy) is 2. The molecular formula is C35H60N4O7S. The Labute approximate surface area is 286 Å². The number of nitrogens with one attached hydrogen (secondary N) is 1. The van der Waals surface area contributed by atoms with Crippen LogP contribution in [-0.2, 0) is 19.1 Å². The molecule has 1 aromatic rings. The van der Waals surface area contributed by atoms with Crippen LogP contribution in [0.15, 0.2) is 5.38 Å². The van der Waals surface area contributed by atoms with Crippen LogP contribution in [0.3, 0.4) is 0 Å². The van der Waals surface area contributed by atoms with Crippen molar-refractivity contribution in [1.82, 2.24) is 20.1 Å². The van der Waals surface area contributed by atoms with E-state index in [4.69, 9.17) is 9.47 Å². The van der Waals surface area contributed by atoms with Crippen LogP contribution in [0.5, 0.6) is 0 Å². The average molecular weight is 681 g/mol. The molecular weight excluding hydrogens is 620 g/mol. The Balaban J connectivity index is 2.44. The molecule has 3 amide bonds. The van der Waals surface area contributed by atoms with E-state index in [2.05, 4.69) is 31.1 Å². The lowest BCUT2D eigenvalue weighted by Crippen LogP contribution is -2.60. The van der Waals surface area contributed by atoms with Crippen LogP contribution < -0.4 is 5.32 Å². The van der Waals surface area contributed by atoms with Gasteiger partial charge in [0.25, 0.3) is 0 Å². The van der Waals surface area contributed by atoms with E-state index in [0.717, 1.165) is 38.5 Å². The molecule has 2 N–H and O–H groups in total. The molecule has 268 valence electrons. The predicted molar refractivity (Wildman–Crippen MR) is 185 cm³/mol.